The molecule has 0 fully saturated rings. The van der Waals surface area contributed by atoms with E-state index in [-0.39, 0.29) is 5.91 Å². The Morgan fingerprint density at radius 1 is 1.19 bits per heavy atom. The van der Waals surface area contributed by atoms with Crippen molar-refractivity contribution in [2.24, 2.45) is 7.05 Å². The predicted molar refractivity (Wildman–Crippen MR) is 103 cm³/mol. The summed E-state index contributed by atoms with van der Waals surface area (Å²) in [5.41, 5.74) is 4.44. The molecule has 140 valence electrons. The second-order valence-corrected chi connectivity index (χ2v) is 6.96. The van der Waals surface area contributed by atoms with Crippen LogP contribution < -0.4 is 0 Å². The van der Waals surface area contributed by atoms with Gasteiger partial charge in [-0.15, -0.1) is 0 Å². The molecule has 1 N–H and O–H groups in total. The van der Waals surface area contributed by atoms with Gasteiger partial charge in [0.1, 0.15) is 5.69 Å². The Kier molecular flexibility index (Phi) is 4.58. The van der Waals surface area contributed by atoms with Crippen LogP contribution in [-0.4, -0.2) is 36.8 Å². The molecule has 27 heavy (non-hydrogen) atoms. The topological polar surface area (TPSA) is 63.3 Å². The van der Waals surface area contributed by atoms with Crippen LogP contribution in [0.1, 0.15) is 41.3 Å². The fourth-order valence-corrected chi connectivity index (χ4v) is 3.62. The van der Waals surface area contributed by atoms with E-state index >= 15 is 0 Å². The van der Waals surface area contributed by atoms with Crippen molar-refractivity contribution in [1.82, 2.24) is 19.2 Å². The average molecular weight is 364 g/mol. The van der Waals surface area contributed by atoms with Crippen LogP contribution in [0.5, 0.6) is 0 Å². The molecule has 1 aliphatic heterocycles. The molecule has 0 saturated heterocycles. The van der Waals surface area contributed by atoms with Crippen LogP contribution in [0.25, 0.3) is 11.3 Å². The highest BCUT2D eigenvalue weighted by atomic mass is 16.3. The molecule has 0 saturated carbocycles. The van der Waals surface area contributed by atoms with Gasteiger partial charge in [0.15, 0.2) is 0 Å². The molecule has 1 amide bonds. The number of fused-ring (bicyclic) bond motifs is 1. The SMILES string of the molecule is CC[C@@H](O)c1cc2n(n1)CCN(C(=O)c1ccc(-c3ccccc3)n1C)C2. The van der Waals surface area contributed by atoms with Crippen molar-refractivity contribution in [3.8, 4) is 11.3 Å². The quantitative estimate of drug-likeness (QED) is 0.774. The standard InChI is InChI=1S/C21H24N4O2/c1-3-20(26)17-13-16-14-24(11-12-25(16)22-17)21(27)19-10-9-18(23(19)2)15-7-5-4-6-8-15/h4-10,13,20,26H,3,11-12,14H2,1-2H3/t20-/m1/s1. The van der Waals surface area contributed by atoms with E-state index in [2.05, 4.69) is 5.10 Å². The summed E-state index contributed by atoms with van der Waals surface area (Å²) in [5.74, 6) is 0.0183. The third-order valence-corrected chi connectivity index (χ3v) is 5.24. The van der Waals surface area contributed by atoms with Crippen LogP contribution in [0.15, 0.2) is 48.5 Å². The van der Waals surface area contributed by atoms with Gasteiger partial charge in [0.25, 0.3) is 5.91 Å². The molecule has 1 atom stereocenters. The van der Waals surface area contributed by atoms with Gasteiger partial charge in [-0.3, -0.25) is 9.48 Å². The lowest BCUT2D eigenvalue weighted by atomic mass is 10.2. The summed E-state index contributed by atoms with van der Waals surface area (Å²) in [4.78, 5) is 14.9. The first-order chi connectivity index (χ1) is 13.1. The van der Waals surface area contributed by atoms with Gasteiger partial charge < -0.3 is 14.6 Å². The summed E-state index contributed by atoms with van der Waals surface area (Å²) < 4.78 is 3.86. The van der Waals surface area contributed by atoms with E-state index in [9.17, 15) is 9.90 Å². The Labute approximate surface area is 158 Å². The van der Waals surface area contributed by atoms with Crippen LogP contribution in [0.2, 0.25) is 0 Å². The van der Waals surface area contributed by atoms with Gasteiger partial charge >= 0.3 is 0 Å². The fourth-order valence-electron chi connectivity index (χ4n) is 3.62. The number of hydrogen-bond donors (Lipinski definition) is 1. The van der Waals surface area contributed by atoms with Crippen LogP contribution in [0.4, 0.5) is 0 Å². The van der Waals surface area contributed by atoms with Crippen LogP contribution >= 0.6 is 0 Å². The molecule has 2 aromatic heterocycles. The zero-order chi connectivity index (χ0) is 19.0. The van der Waals surface area contributed by atoms with Crippen molar-refractivity contribution in [2.45, 2.75) is 32.5 Å². The zero-order valence-corrected chi connectivity index (χ0v) is 15.7. The average Bonchev–Trinajstić information content (AvgIpc) is 3.30. The minimum absolute atomic E-state index is 0.0183. The van der Waals surface area contributed by atoms with Gasteiger partial charge in [0.2, 0.25) is 0 Å². The lowest BCUT2D eigenvalue weighted by Crippen LogP contribution is -2.39. The van der Waals surface area contributed by atoms with Crippen molar-refractivity contribution in [2.75, 3.05) is 6.54 Å². The summed E-state index contributed by atoms with van der Waals surface area (Å²) in [6.07, 6.45) is 0.0820. The van der Waals surface area contributed by atoms with E-state index in [0.717, 1.165) is 17.0 Å². The Hall–Kier alpha value is -2.86. The Bertz CT molecular complexity index is 958. The smallest absolute Gasteiger partial charge is 0.270 e. The van der Waals surface area contributed by atoms with Gasteiger partial charge in [-0.25, -0.2) is 0 Å². The highest BCUT2D eigenvalue weighted by Crippen LogP contribution is 2.24. The summed E-state index contributed by atoms with van der Waals surface area (Å²) >= 11 is 0. The summed E-state index contributed by atoms with van der Waals surface area (Å²) in [7, 11) is 1.93. The number of carbonyl (C=O) groups is 1. The first-order valence-electron chi connectivity index (χ1n) is 9.33. The largest absolute Gasteiger partial charge is 0.387 e. The molecule has 0 spiro atoms. The lowest BCUT2D eigenvalue weighted by molar-refractivity contribution is 0.0696. The Balaban J connectivity index is 1.56. The monoisotopic (exact) mass is 364 g/mol. The number of hydrogen-bond acceptors (Lipinski definition) is 3. The fraction of sp³-hybridized carbons (Fsp3) is 0.333. The molecule has 0 unspecified atom stereocenters. The molecule has 6 nitrogen and oxygen atoms in total. The van der Waals surface area contributed by atoms with E-state index in [1.54, 1.807) is 0 Å². The number of nitrogens with zero attached hydrogens (tertiary/aromatic N) is 4. The lowest BCUT2D eigenvalue weighted by Gasteiger charge is -2.28. The third kappa shape index (κ3) is 3.17. The van der Waals surface area contributed by atoms with E-state index in [4.69, 9.17) is 0 Å². The van der Waals surface area contributed by atoms with Gasteiger partial charge in [0.05, 0.1) is 30.6 Å². The van der Waals surface area contributed by atoms with Crippen LogP contribution in [-0.2, 0) is 20.1 Å². The summed E-state index contributed by atoms with van der Waals surface area (Å²) in [6, 6.07) is 15.9. The highest BCUT2D eigenvalue weighted by Gasteiger charge is 2.26. The molecular formula is C21H24N4O2. The number of amides is 1. The molecule has 3 aromatic rings. The number of aromatic nitrogens is 3. The first-order valence-corrected chi connectivity index (χ1v) is 9.33. The summed E-state index contributed by atoms with van der Waals surface area (Å²) in [6.45, 7) is 3.70. The zero-order valence-electron chi connectivity index (χ0n) is 15.7. The van der Waals surface area contributed by atoms with Crippen molar-refractivity contribution in [1.29, 1.82) is 0 Å². The van der Waals surface area contributed by atoms with Crippen molar-refractivity contribution >= 4 is 5.91 Å². The number of aliphatic hydroxyl groups excluding tert-OH is 1. The first kappa shape index (κ1) is 17.5. The van der Waals surface area contributed by atoms with Crippen molar-refractivity contribution in [3.05, 3.63) is 65.6 Å². The van der Waals surface area contributed by atoms with Crippen LogP contribution in [0.3, 0.4) is 0 Å². The van der Waals surface area contributed by atoms with E-state index in [1.165, 1.54) is 0 Å². The summed E-state index contributed by atoms with van der Waals surface area (Å²) in [5, 5.41) is 14.5. The minimum atomic E-state index is -0.548. The van der Waals surface area contributed by atoms with E-state index in [1.807, 2.05) is 76.7 Å². The van der Waals surface area contributed by atoms with E-state index < -0.39 is 6.10 Å². The number of carbonyl (C=O) groups excluding carboxylic acids is 1. The predicted octanol–water partition coefficient (Wildman–Crippen LogP) is 2.99. The maximum atomic E-state index is 13.1. The van der Waals surface area contributed by atoms with Gasteiger partial charge in [-0.1, -0.05) is 37.3 Å². The Morgan fingerprint density at radius 2 is 1.96 bits per heavy atom. The normalized spacial score (nSPS) is 14.9. The number of benzene rings is 1. The molecular weight excluding hydrogens is 340 g/mol. The second-order valence-electron chi connectivity index (χ2n) is 6.96. The van der Waals surface area contributed by atoms with Gasteiger partial charge in [-0.05, 0) is 30.2 Å². The molecule has 0 bridgehead atoms. The van der Waals surface area contributed by atoms with Crippen LogP contribution in [0, 0.1) is 0 Å². The molecule has 3 heterocycles. The number of rotatable bonds is 4. The van der Waals surface area contributed by atoms with E-state index in [0.29, 0.717) is 37.4 Å². The molecule has 0 radical (unpaired) electrons. The maximum Gasteiger partial charge on any atom is 0.270 e. The van der Waals surface area contributed by atoms with Crippen molar-refractivity contribution in [3.63, 3.8) is 0 Å². The van der Waals surface area contributed by atoms with Crippen molar-refractivity contribution < 1.29 is 9.90 Å². The maximum absolute atomic E-state index is 13.1. The third-order valence-electron chi connectivity index (χ3n) is 5.24. The molecule has 1 aromatic carbocycles. The molecule has 1 aliphatic rings. The minimum Gasteiger partial charge on any atom is -0.387 e. The van der Waals surface area contributed by atoms with Gasteiger partial charge in [-0.2, -0.15) is 5.10 Å². The number of aliphatic hydroxyl groups is 1. The molecule has 6 heteroatoms. The molecule has 4 rings (SSSR count). The highest BCUT2D eigenvalue weighted by molar-refractivity contribution is 5.94. The van der Waals surface area contributed by atoms with Gasteiger partial charge in [0, 0.05) is 19.3 Å². The Morgan fingerprint density at radius 3 is 2.70 bits per heavy atom. The molecule has 0 aliphatic carbocycles. The second kappa shape index (κ2) is 7.04.